The summed E-state index contributed by atoms with van der Waals surface area (Å²) in [5.41, 5.74) is 4.80. The molecule has 0 heterocycles. The van der Waals surface area contributed by atoms with Crippen LogP contribution in [0.1, 0.15) is 88.5 Å². The fourth-order valence-electron chi connectivity index (χ4n) is 4.74. The number of nitrogens with one attached hydrogen (secondary N) is 1. The number of nitrogens with zero attached hydrogens (tertiary/aromatic N) is 1. The lowest BCUT2D eigenvalue weighted by Gasteiger charge is -2.31. The van der Waals surface area contributed by atoms with Gasteiger partial charge in [0.25, 0.3) is 0 Å². The average molecular weight is 463 g/mol. The highest BCUT2D eigenvalue weighted by Crippen LogP contribution is 2.23. The minimum atomic E-state index is -0.447. The van der Waals surface area contributed by atoms with Gasteiger partial charge in [-0.25, -0.2) is 0 Å². The summed E-state index contributed by atoms with van der Waals surface area (Å²) < 4.78 is 0. The van der Waals surface area contributed by atoms with Gasteiger partial charge in [0, 0.05) is 19.0 Å². The van der Waals surface area contributed by atoms with Crippen LogP contribution in [-0.4, -0.2) is 28.8 Å². The molecule has 184 valence electrons. The van der Waals surface area contributed by atoms with Crippen molar-refractivity contribution in [1.82, 2.24) is 10.2 Å². The molecule has 1 N–H and O–H groups in total. The van der Waals surface area contributed by atoms with Crippen LogP contribution in [0.3, 0.4) is 0 Å². The Morgan fingerprint density at radius 2 is 1.56 bits per heavy atom. The van der Waals surface area contributed by atoms with Gasteiger partial charge in [-0.2, -0.15) is 0 Å². The summed E-state index contributed by atoms with van der Waals surface area (Å²) in [6, 6.07) is 16.6. The SMILES string of the molecule is CCC(C(=O)NC1CCCC1)N(Cc1ccc(C)cc1)C(=O)CCc1ccc(C(C)(C)C)cc1. The zero-order chi connectivity index (χ0) is 24.7. The van der Waals surface area contributed by atoms with Gasteiger partial charge >= 0.3 is 0 Å². The second-order valence-corrected chi connectivity index (χ2v) is 10.9. The van der Waals surface area contributed by atoms with Gasteiger partial charge in [0.2, 0.25) is 11.8 Å². The average Bonchev–Trinajstić information content (AvgIpc) is 3.31. The van der Waals surface area contributed by atoms with Crippen molar-refractivity contribution in [3.05, 3.63) is 70.8 Å². The van der Waals surface area contributed by atoms with Crippen LogP contribution in [0.15, 0.2) is 48.5 Å². The summed E-state index contributed by atoms with van der Waals surface area (Å²) >= 11 is 0. The molecular weight excluding hydrogens is 420 g/mol. The predicted octanol–water partition coefficient (Wildman–Crippen LogP) is 6.09. The monoisotopic (exact) mass is 462 g/mol. The van der Waals surface area contributed by atoms with E-state index < -0.39 is 6.04 Å². The standard InChI is InChI=1S/C30H42N2O2/c1-6-27(29(34)31-26-9-7-8-10-26)32(21-24-13-11-22(2)12-14-24)28(33)20-17-23-15-18-25(19-16-23)30(3,4)5/h11-16,18-19,26-27H,6-10,17,20-21H2,1-5H3,(H,31,34). The topological polar surface area (TPSA) is 49.4 Å². The minimum Gasteiger partial charge on any atom is -0.352 e. The Hall–Kier alpha value is -2.62. The van der Waals surface area contributed by atoms with E-state index in [1.165, 1.54) is 24.0 Å². The first kappa shape index (κ1) is 26.0. The van der Waals surface area contributed by atoms with Gasteiger partial charge in [-0.15, -0.1) is 0 Å². The molecule has 0 aliphatic heterocycles. The predicted molar refractivity (Wildman–Crippen MR) is 140 cm³/mol. The molecule has 1 unspecified atom stereocenters. The lowest BCUT2D eigenvalue weighted by Crippen LogP contribution is -2.51. The van der Waals surface area contributed by atoms with Crippen molar-refractivity contribution in [3.8, 4) is 0 Å². The van der Waals surface area contributed by atoms with Crippen molar-refractivity contribution in [2.75, 3.05) is 0 Å². The summed E-state index contributed by atoms with van der Waals surface area (Å²) in [5, 5.41) is 3.22. The van der Waals surface area contributed by atoms with E-state index in [4.69, 9.17) is 0 Å². The lowest BCUT2D eigenvalue weighted by atomic mass is 9.86. The Morgan fingerprint density at radius 3 is 2.12 bits per heavy atom. The molecule has 4 heteroatoms. The number of amides is 2. The van der Waals surface area contributed by atoms with E-state index in [0.717, 1.165) is 24.0 Å². The number of hydrogen-bond donors (Lipinski definition) is 1. The van der Waals surface area contributed by atoms with E-state index in [-0.39, 0.29) is 23.3 Å². The van der Waals surface area contributed by atoms with Gasteiger partial charge < -0.3 is 10.2 Å². The molecule has 3 rings (SSSR count). The highest BCUT2D eigenvalue weighted by atomic mass is 16.2. The van der Waals surface area contributed by atoms with Gasteiger partial charge in [0.15, 0.2) is 0 Å². The van der Waals surface area contributed by atoms with Crippen molar-refractivity contribution >= 4 is 11.8 Å². The van der Waals surface area contributed by atoms with Crippen LogP contribution in [0, 0.1) is 6.92 Å². The summed E-state index contributed by atoms with van der Waals surface area (Å²) in [7, 11) is 0. The van der Waals surface area contributed by atoms with Crippen molar-refractivity contribution < 1.29 is 9.59 Å². The third-order valence-electron chi connectivity index (χ3n) is 7.01. The number of carbonyl (C=O) groups is 2. The molecule has 0 saturated heterocycles. The molecule has 1 aliphatic rings. The van der Waals surface area contributed by atoms with Crippen LogP contribution >= 0.6 is 0 Å². The summed E-state index contributed by atoms with van der Waals surface area (Å²) in [6.45, 7) is 11.1. The van der Waals surface area contributed by atoms with Crippen LogP contribution in [-0.2, 0) is 28.0 Å². The molecule has 1 aliphatic carbocycles. The number of carbonyl (C=O) groups excluding carboxylic acids is 2. The first-order valence-electron chi connectivity index (χ1n) is 12.9. The first-order valence-corrected chi connectivity index (χ1v) is 12.9. The number of hydrogen-bond acceptors (Lipinski definition) is 2. The van der Waals surface area contributed by atoms with Crippen LogP contribution in [0.2, 0.25) is 0 Å². The number of aryl methyl sites for hydroxylation is 2. The third-order valence-corrected chi connectivity index (χ3v) is 7.01. The molecule has 2 aromatic carbocycles. The van der Waals surface area contributed by atoms with Crippen molar-refractivity contribution in [1.29, 1.82) is 0 Å². The Morgan fingerprint density at radius 1 is 0.971 bits per heavy atom. The Labute approximate surface area is 206 Å². The van der Waals surface area contributed by atoms with E-state index in [2.05, 4.69) is 81.5 Å². The first-order chi connectivity index (χ1) is 16.2. The maximum atomic E-state index is 13.5. The van der Waals surface area contributed by atoms with Crippen LogP contribution in [0.5, 0.6) is 0 Å². The maximum Gasteiger partial charge on any atom is 0.243 e. The fraction of sp³-hybridized carbons (Fsp3) is 0.533. The van der Waals surface area contributed by atoms with Crippen LogP contribution in [0.25, 0.3) is 0 Å². The van der Waals surface area contributed by atoms with E-state index in [9.17, 15) is 9.59 Å². The molecule has 0 radical (unpaired) electrons. The van der Waals surface area contributed by atoms with Gasteiger partial charge in [-0.3, -0.25) is 9.59 Å². The largest absolute Gasteiger partial charge is 0.352 e. The smallest absolute Gasteiger partial charge is 0.243 e. The Balaban J connectivity index is 1.73. The molecule has 2 aromatic rings. The lowest BCUT2D eigenvalue weighted by molar-refractivity contribution is -0.141. The molecule has 34 heavy (non-hydrogen) atoms. The maximum absolute atomic E-state index is 13.5. The van der Waals surface area contributed by atoms with Gasteiger partial charge in [0.05, 0.1) is 0 Å². The normalized spacial score (nSPS) is 15.2. The number of rotatable bonds is 9. The highest BCUT2D eigenvalue weighted by molar-refractivity contribution is 5.88. The van der Waals surface area contributed by atoms with Gasteiger partial charge in [-0.05, 0) is 54.7 Å². The van der Waals surface area contributed by atoms with Crippen molar-refractivity contribution in [2.24, 2.45) is 0 Å². The molecule has 1 fully saturated rings. The van der Waals surface area contributed by atoms with E-state index in [0.29, 0.717) is 25.8 Å². The van der Waals surface area contributed by atoms with E-state index >= 15 is 0 Å². The molecule has 1 atom stereocenters. The summed E-state index contributed by atoms with van der Waals surface area (Å²) in [6.07, 6.45) is 6.10. The molecular formula is C30H42N2O2. The van der Waals surface area contributed by atoms with Crippen molar-refractivity contribution in [3.63, 3.8) is 0 Å². The second kappa shape index (κ2) is 11.7. The molecule has 1 saturated carbocycles. The summed E-state index contributed by atoms with van der Waals surface area (Å²) in [4.78, 5) is 28.5. The van der Waals surface area contributed by atoms with Gasteiger partial charge in [0.1, 0.15) is 6.04 Å². The fourth-order valence-corrected chi connectivity index (χ4v) is 4.74. The van der Waals surface area contributed by atoms with Crippen LogP contribution < -0.4 is 5.32 Å². The second-order valence-electron chi connectivity index (χ2n) is 10.9. The quantitative estimate of drug-likeness (QED) is 0.490. The Kier molecular flexibility index (Phi) is 8.93. The van der Waals surface area contributed by atoms with E-state index in [1.54, 1.807) is 4.90 Å². The van der Waals surface area contributed by atoms with Gasteiger partial charge in [-0.1, -0.05) is 94.6 Å². The molecule has 0 bridgehead atoms. The van der Waals surface area contributed by atoms with Crippen LogP contribution in [0.4, 0.5) is 0 Å². The number of benzene rings is 2. The zero-order valence-electron chi connectivity index (χ0n) is 21.7. The molecule has 4 nitrogen and oxygen atoms in total. The zero-order valence-corrected chi connectivity index (χ0v) is 21.7. The third kappa shape index (κ3) is 7.19. The molecule has 2 amide bonds. The minimum absolute atomic E-state index is 0.00982. The van der Waals surface area contributed by atoms with Crippen molar-refractivity contribution in [2.45, 2.75) is 104 Å². The Bertz CT molecular complexity index is 935. The van der Waals surface area contributed by atoms with E-state index in [1.807, 2.05) is 6.92 Å². The molecule has 0 aromatic heterocycles. The summed E-state index contributed by atoms with van der Waals surface area (Å²) in [5.74, 6) is 0.0262. The highest BCUT2D eigenvalue weighted by Gasteiger charge is 2.30. The molecule has 0 spiro atoms.